The van der Waals surface area contributed by atoms with Crippen molar-refractivity contribution in [3.05, 3.63) is 40.2 Å². The average Bonchev–Trinajstić information content (AvgIpc) is 2.85. The zero-order chi connectivity index (χ0) is 15.6. The quantitative estimate of drug-likeness (QED) is 0.873. The van der Waals surface area contributed by atoms with E-state index >= 15 is 0 Å². The first kappa shape index (κ1) is 16.0. The molecule has 0 saturated heterocycles. The summed E-state index contributed by atoms with van der Waals surface area (Å²) in [5, 5.41) is 0. The van der Waals surface area contributed by atoms with E-state index in [2.05, 4.69) is 20.7 Å². The van der Waals surface area contributed by atoms with E-state index in [4.69, 9.17) is 0 Å². The van der Waals surface area contributed by atoms with Crippen LogP contribution in [0.5, 0.6) is 0 Å². The molecule has 0 aliphatic rings. The lowest BCUT2D eigenvalue weighted by Crippen LogP contribution is -2.24. The van der Waals surface area contributed by atoms with Crippen LogP contribution in [0.15, 0.2) is 44.4 Å². The molecule has 2 rings (SSSR count). The largest absolute Gasteiger partial charge is 0.314 e. The number of benzene rings is 1. The van der Waals surface area contributed by atoms with Gasteiger partial charge in [0.2, 0.25) is 5.91 Å². The van der Waals surface area contributed by atoms with Crippen molar-refractivity contribution in [2.75, 3.05) is 16.7 Å². The summed E-state index contributed by atoms with van der Waals surface area (Å²) >= 11 is 4.36. The van der Waals surface area contributed by atoms with Gasteiger partial charge in [-0.15, -0.1) is 11.3 Å². The maximum atomic E-state index is 12.3. The number of carbonyl (C=O) groups excluding carboxylic acids is 1. The van der Waals surface area contributed by atoms with Gasteiger partial charge >= 0.3 is 0 Å². The Kier molecular flexibility index (Phi) is 4.70. The van der Waals surface area contributed by atoms with Gasteiger partial charge in [0.25, 0.3) is 10.0 Å². The lowest BCUT2D eigenvalue weighted by Gasteiger charge is -2.19. The van der Waals surface area contributed by atoms with Crippen molar-refractivity contribution >= 4 is 54.6 Å². The zero-order valence-corrected chi connectivity index (χ0v) is 14.5. The minimum Gasteiger partial charge on any atom is -0.314 e. The number of hydrogen-bond donors (Lipinski definition) is 1. The third-order valence-corrected chi connectivity index (χ3v) is 6.28. The number of hydrogen-bond acceptors (Lipinski definition) is 4. The van der Waals surface area contributed by atoms with Gasteiger partial charge in [0, 0.05) is 14.0 Å². The number of carbonyl (C=O) groups is 1. The normalized spacial score (nSPS) is 11.2. The molecule has 0 fully saturated rings. The molecule has 8 heteroatoms. The van der Waals surface area contributed by atoms with Crippen LogP contribution in [0, 0.1) is 0 Å². The Bertz CT molecular complexity index is 771. The van der Waals surface area contributed by atoms with Crippen LogP contribution in [0.25, 0.3) is 0 Å². The molecule has 112 valence electrons. The molecule has 2 aromatic rings. The summed E-state index contributed by atoms with van der Waals surface area (Å²) in [6.45, 7) is 1.42. The molecule has 5 nitrogen and oxygen atoms in total. The van der Waals surface area contributed by atoms with E-state index in [0.29, 0.717) is 11.4 Å². The van der Waals surface area contributed by atoms with Crippen LogP contribution < -0.4 is 9.62 Å². The maximum Gasteiger partial charge on any atom is 0.271 e. The Hall–Kier alpha value is -1.38. The molecule has 1 aromatic heterocycles. The number of para-hydroxylation sites is 2. The predicted octanol–water partition coefficient (Wildman–Crippen LogP) is 3.29. The molecule has 1 heterocycles. The Morgan fingerprint density at radius 1 is 1.24 bits per heavy atom. The monoisotopic (exact) mass is 388 g/mol. The van der Waals surface area contributed by atoms with Crippen LogP contribution in [-0.2, 0) is 14.8 Å². The van der Waals surface area contributed by atoms with E-state index in [1.807, 2.05) is 0 Å². The summed E-state index contributed by atoms with van der Waals surface area (Å²) in [5.74, 6) is -0.180. The first-order valence-electron chi connectivity index (χ1n) is 5.93. The van der Waals surface area contributed by atoms with Gasteiger partial charge in [-0.2, -0.15) is 0 Å². The highest BCUT2D eigenvalue weighted by molar-refractivity contribution is 9.11. The summed E-state index contributed by atoms with van der Waals surface area (Å²) in [4.78, 5) is 12.9. The lowest BCUT2D eigenvalue weighted by molar-refractivity contribution is -0.116. The molecular formula is C13H13BrN2O3S2. The molecule has 1 aromatic carbocycles. The fraction of sp³-hybridized carbons (Fsp3) is 0.154. The van der Waals surface area contributed by atoms with Crippen LogP contribution in [0.2, 0.25) is 0 Å². The lowest BCUT2D eigenvalue weighted by atomic mass is 10.2. The molecule has 1 amide bonds. The van der Waals surface area contributed by atoms with Crippen molar-refractivity contribution in [3.63, 3.8) is 0 Å². The van der Waals surface area contributed by atoms with Crippen molar-refractivity contribution in [1.29, 1.82) is 0 Å². The third-order valence-electron chi connectivity index (χ3n) is 2.80. The van der Waals surface area contributed by atoms with Gasteiger partial charge in [-0.25, -0.2) is 8.42 Å². The Balaban J connectivity index is 2.38. The van der Waals surface area contributed by atoms with E-state index < -0.39 is 10.0 Å². The predicted molar refractivity (Wildman–Crippen MR) is 88.4 cm³/mol. The number of halogens is 1. The molecule has 0 aliphatic heterocycles. The molecule has 1 N–H and O–H groups in total. The first-order chi connectivity index (χ1) is 9.81. The van der Waals surface area contributed by atoms with Crippen molar-refractivity contribution in [1.82, 2.24) is 0 Å². The molecule has 0 atom stereocenters. The van der Waals surface area contributed by atoms with Crippen LogP contribution in [0.4, 0.5) is 11.4 Å². The van der Waals surface area contributed by atoms with Gasteiger partial charge in [0.1, 0.15) is 4.21 Å². The van der Waals surface area contributed by atoms with Crippen molar-refractivity contribution in [2.24, 2.45) is 0 Å². The molecule has 0 bridgehead atoms. The smallest absolute Gasteiger partial charge is 0.271 e. The van der Waals surface area contributed by atoms with Crippen LogP contribution in [-0.4, -0.2) is 21.4 Å². The van der Waals surface area contributed by atoms with Crippen LogP contribution >= 0.6 is 27.3 Å². The molecule has 0 unspecified atom stereocenters. The van der Waals surface area contributed by atoms with Gasteiger partial charge in [-0.1, -0.05) is 12.1 Å². The highest BCUT2D eigenvalue weighted by atomic mass is 79.9. The molecule has 0 aliphatic carbocycles. The minimum absolute atomic E-state index is 0.180. The van der Waals surface area contributed by atoms with Crippen molar-refractivity contribution in [2.45, 2.75) is 11.1 Å². The molecule has 0 spiro atoms. The van der Waals surface area contributed by atoms with Crippen LogP contribution in [0.3, 0.4) is 0 Å². The second-order valence-corrected chi connectivity index (χ2v) is 8.63. The number of anilines is 2. The van der Waals surface area contributed by atoms with Gasteiger partial charge in [-0.05, 0) is 40.2 Å². The third kappa shape index (κ3) is 3.63. The minimum atomic E-state index is -3.67. The number of sulfonamides is 1. The highest BCUT2D eigenvalue weighted by Gasteiger charge is 2.19. The number of thiophene rings is 1. The second kappa shape index (κ2) is 6.17. The van der Waals surface area contributed by atoms with Gasteiger partial charge in [0.05, 0.1) is 15.2 Å². The average molecular weight is 389 g/mol. The molecule has 0 saturated carbocycles. The Morgan fingerprint density at radius 2 is 1.90 bits per heavy atom. The summed E-state index contributed by atoms with van der Waals surface area (Å²) < 4.78 is 28.1. The number of amides is 1. The molecular weight excluding hydrogens is 376 g/mol. The molecule has 0 radical (unpaired) electrons. The fourth-order valence-corrected chi connectivity index (χ4v) is 4.74. The second-order valence-electron chi connectivity index (χ2n) is 4.26. The van der Waals surface area contributed by atoms with E-state index in [-0.39, 0.29) is 10.1 Å². The van der Waals surface area contributed by atoms with E-state index in [9.17, 15) is 13.2 Å². The van der Waals surface area contributed by atoms with Crippen molar-refractivity contribution < 1.29 is 13.2 Å². The van der Waals surface area contributed by atoms with E-state index in [1.54, 1.807) is 37.4 Å². The topological polar surface area (TPSA) is 66.5 Å². The van der Waals surface area contributed by atoms with Gasteiger partial charge in [-0.3, -0.25) is 9.52 Å². The van der Waals surface area contributed by atoms with E-state index in [0.717, 1.165) is 15.1 Å². The number of nitrogens with zero attached hydrogens (tertiary/aromatic N) is 1. The van der Waals surface area contributed by atoms with Crippen LogP contribution in [0.1, 0.15) is 6.92 Å². The number of nitrogens with one attached hydrogen (secondary N) is 1. The Labute approximate surface area is 135 Å². The zero-order valence-electron chi connectivity index (χ0n) is 11.3. The number of rotatable bonds is 4. The SMILES string of the molecule is CC(=O)N(C)c1ccccc1NS(=O)(=O)c1ccc(Br)s1. The first-order valence-corrected chi connectivity index (χ1v) is 9.02. The molecule has 21 heavy (non-hydrogen) atoms. The summed E-state index contributed by atoms with van der Waals surface area (Å²) in [6, 6.07) is 9.95. The summed E-state index contributed by atoms with van der Waals surface area (Å²) in [6.07, 6.45) is 0. The van der Waals surface area contributed by atoms with E-state index in [1.165, 1.54) is 17.9 Å². The highest BCUT2D eigenvalue weighted by Crippen LogP contribution is 2.31. The fourth-order valence-electron chi connectivity index (χ4n) is 1.66. The Morgan fingerprint density at radius 3 is 2.48 bits per heavy atom. The van der Waals surface area contributed by atoms with Gasteiger partial charge < -0.3 is 4.90 Å². The summed E-state index contributed by atoms with van der Waals surface area (Å²) in [7, 11) is -2.08. The van der Waals surface area contributed by atoms with Crippen molar-refractivity contribution in [3.8, 4) is 0 Å². The summed E-state index contributed by atoms with van der Waals surface area (Å²) in [5.41, 5.74) is 0.865. The van der Waals surface area contributed by atoms with Gasteiger partial charge in [0.15, 0.2) is 0 Å². The maximum absolute atomic E-state index is 12.3. The standard InChI is InChI=1S/C13H13BrN2O3S2/c1-9(17)16(2)11-6-4-3-5-10(11)15-21(18,19)13-8-7-12(14)20-13/h3-8,15H,1-2H3.